The summed E-state index contributed by atoms with van der Waals surface area (Å²) >= 11 is 0. The van der Waals surface area contributed by atoms with Gasteiger partial charge >= 0.3 is 0 Å². The molecule has 3 aliphatic carbocycles. The molecule has 0 amide bonds. The lowest BCUT2D eigenvalue weighted by atomic mass is 9.46. The molecule has 0 aromatic rings. The Balaban J connectivity index is 1.48. The van der Waals surface area contributed by atoms with Gasteiger partial charge in [0.1, 0.15) is 0 Å². The normalized spacial score (nSPS) is 48.8. The Labute approximate surface area is 182 Å². The van der Waals surface area contributed by atoms with Crippen molar-refractivity contribution in [2.45, 2.75) is 124 Å². The summed E-state index contributed by atoms with van der Waals surface area (Å²) in [6.45, 7) is 15.3. The fourth-order valence-corrected chi connectivity index (χ4v) is 9.51. The molecule has 4 aliphatic rings. The van der Waals surface area contributed by atoms with E-state index in [1.54, 1.807) is 6.42 Å². The van der Waals surface area contributed by atoms with Crippen LogP contribution in [0.25, 0.3) is 0 Å². The second kappa shape index (κ2) is 8.14. The Morgan fingerprint density at radius 1 is 0.828 bits per heavy atom. The van der Waals surface area contributed by atoms with E-state index in [2.05, 4.69) is 53.5 Å². The lowest BCUT2D eigenvalue weighted by molar-refractivity contribution is -0.135. The second-order valence-corrected chi connectivity index (χ2v) is 13.1. The van der Waals surface area contributed by atoms with Gasteiger partial charge in [0.2, 0.25) is 0 Å². The van der Waals surface area contributed by atoms with Gasteiger partial charge in [-0.1, -0.05) is 53.9 Å². The molecule has 3 saturated carbocycles. The summed E-state index contributed by atoms with van der Waals surface area (Å²) in [5.41, 5.74) is 1.24. The summed E-state index contributed by atoms with van der Waals surface area (Å²) in [7, 11) is 2.43. The van der Waals surface area contributed by atoms with Crippen molar-refractivity contribution in [2.24, 2.45) is 46.3 Å². The van der Waals surface area contributed by atoms with Crippen LogP contribution in [-0.2, 0) is 0 Å². The molecular formula is C28H51N. The highest BCUT2D eigenvalue weighted by Crippen LogP contribution is 2.67. The van der Waals surface area contributed by atoms with E-state index in [0.717, 1.165) is 47.6 Å². The van der Waals surface area contributed by atoms with Crippen molar-refractivity contribution in [3.05, 3.63) is 0 Å². The van der Waals surface area contributed by atoms with E-state index in [1.807, 2.05) is 0 Å². The van der Waals surface area contributed by atoms with E-state index in [1.165, 1.54) is 64.2 Å². The van der Waals surface area contributed by atoms with Gasteiger partial charge in [-0.05, 0) is 112 Å². The van der Waals surface area contributed by atoms with Crippen LogP contribution in [0, 0.1) is 46.3 Å². The molecule has 1 saturated heterocycles. The molecule has 9 unspecified atom stereocenters. The van der Waals surface area contributed by atoms with Crippen molar-refractivity contribution in [1.29, 1.82) is 0 Å². The number of rotatable bonds is 5. The quantitative estimate of drug-likeness (QED) is 0.454. The Bertz CT molecular complexity index is 569. The van der Waals surface area contributed by atoms with Crippen LogP contribution < -0.4 is 0 Å². The third-order valence-electron chi connectivity index (χ3n) is 11.3. The van der Waals surface area contributed by atoms with Gasteiger partial charge in [0, 0.05) is 12.1 Å². The molecule has 1 heterocycles. The maximum Gasteiger partial charge on any atom is 0.0152 e. The van der Waals surface area contributed by atoms with Crippen molar-refractivity contribution in [2.75, 3.05) is 7.05 Å². The van der Waals surface area contributed by atoms with Gasteiger partial charge in [-0.15, -0.1) is 0 Å². The lowest BCUT2D eigenvalue weighted by Crippen LogP contribution is -2.61. The molecule has 29 heavy (non-hydrogen) atoms. The average molecular weight is 402 g/mol. The Kier molecular flexibility index (Phi) is 6.22. The second-order valence-electron chi connectivity index (χ2n) is 13.1. The highest BCUT2D eigenvalue weighted by Gasteiger charge is 2.61. The summed E-state index contributed by atoms with van der Waals surface area (Å²) in [6, 6.07) is 1.64. The number of likely N-dealkylation sites (tertiary alicyclic amines) is 1. The average Bonchev–Trinajstić information content (AvgIpc) is 3.02. The van der Waals surface area contributed by atoms with Gasteiger partial charge in [-0.25, -0.2) is 0 Å². The largest absolute Gasteiger partial charge is 0.300 e. The summed E-state index contributed by atoms with van der Waals surface area (Å²) < 4.78 is 0. The molecule has 4 fully saturated rings. The molecule has 1 aliphatic heterocycles. The molecule has 0 aromatic carbocycles. The summed E-state index contributed by atoms with van der Waals surface area (Å²) in [5, 5.41) is 0. The van der Waals surface area contributed by atoms with Gasteiger partial charge in [0.05, 0.1) is 0 Å². The minimum absolute atomic E-state index is 0.590. The summed E-state index contributed by atoms with van der Waals surface area (Å²) in [4.78, 5) is 2.78. The van der Waals surface area contributed by atoms with Crippen molar-refractivity contribution in [1.82, 2.24) is 4.90 Å². The Morgan fingerprint density at radius 3 is 2.24 bits per heavy atom. The smallest absolute Gasteiger partial charge is 0.0152 e. The van der Waals surface area contributed by atoms with Gasteiger partial charge in [0.25, 0.3) is 0 Å². The van der Waals surface area contributed by atoms with Gasteiger partial charge < -0.3 is 4.90 Å². The molecule has 0 N–H and O–H groups in total. The van der Waals surface area contributed by atoms with Crippen molar-refractivity contribution >= 4 is 0 Å². The van der Waals surface area contributed by atoms with Gasteiger partial charge in [0.15, 0.2) is 0 Å². The molecular weight excluding hydrogens is 350 g/mol. The van der Waals surface area contributed by atoms with E-state index in [4.69, 9.17) is 0 Å². The van der Waals surface area contributed by atoms with Crippen molar-refractivity contribution < 1.29 is 0 Å². The molecule has 1 nitrogen and oxygen atoms in total. The van der Waals surface area contributed by atoms with E-state index in [-0.39, 0.29) is 0 Å². The number of hydrogen-bond acceptors (Lipinski definition) is 1. The summed E-state index contributed by atoms with van der Waals surface area (Å²) in [5.74, 6) is 5.88. The maximum atomic E-state index is 2.78. The topological polar surface area (TPSA) is 3.24 Å². The first-order chi connectivity index (χ1) is 13.7. The van der Waals surface area contributed by atoms with E-state index in [9.17, 15) is 0 Å². The molecule has 9 atom stereocenters. The van der Waals surface area contributed by atoms with Crippen LogP contribution in [0.4, 0.5) is 0 Å². The number of fused-ring (bicyclic) bond motifs is 5. The zero-order valence-electron chi connectivity index (χ0n) is 20.8. The molecule has 0 bridgehead atoms. The standard InChI is InChI=1S/C28H51N/c1-19(2)9-8-10-20(3)23-12-13-24-22-11-14-26-28(6,17-15-21(4)29(26)7)25(22)16-18-27(23,24)5/h19-26H,8-18H2,1-7H3. The molecule has 0 radical (unpaired) electrons. The third-order valence-corrected chi connectivity index (χ3v) is 11.3. The van der Waals surface area contributed by atoms with Crippen LogP contribution >= 0.6 is 0 Å². The highest BCUT2D eigenvalue weighted by molar-refractivity contribution is 5.11. The first kappa shape index (κ1) is 22.2. The third kappa shape index (κ3) is 3.64. The highest BCUT2D eigenvalue weighted by atomic mass is 15.2. The number of piperidine rings is 1. The first-order valence-electron chi connectivity index (χ1n) is 13.4. The minimum Gasteiger partial charge on any atom is -0.300 e. The van der Waals surface area contributed by atoms with Crippen LogP contribution in [0.1, 0.15) is 112 Å². The fourth-order valence-electron chi connectivity index (χ4n) is 9.51. The zero-order valence-corrected chi connectivity index (χ0v) is 20.8. The number of hydrogen-bond donors (Lipinski definition) is 0. The summed E-state index contributed by atoms with van der Waals surface area (Å²) in [6.07, 6.45) is 16.4. The molecule has 1 heteroatoms. The molecule has 4 rings (SSSR count). The predicted octanol–water partition coefficient (Wildman–Crippen LogP) is 7.79. The van der Waals surface area contributed by atoms with Crippen LogP contribution in [0.15, 0.2) is 0 Å². The van der Waals surface area contributed by atoms with E-state index < -0.39 is 0 Å². The van der Waals surface area contributed by atoms with E-state index >= 15 is 0 Å². The fraction of sp³-hybridized carbons (Fsp3) is 1.00. The zero-order chi connectivity index (χ0) is 21.0. The maximum absolute atomic E-state index is 2.78. The van der Waals surface area contributed by atoms with Crippen LogP contribution in [0.2, 0.25) is 0 Å². The molecule has 168 valence electrons. The molecule has 0 spiro atoms. The predicted molar refractivity (Wildman–Crippen MR) is 126 cm³/mol. The van der Waals surface area contributed by atoms with Crippen LogP contribution in [0.3, 0.4) is 0 Å². The van der Waals surface area contributed by atoms with Crippen LogP contribution in [-0.4, -0.2) is 24.0 Å². The SMILES string of the molecule is CC(C)CCCC(C)C1CCC2C3CCC4N(C)C(C)CCC4(C)C3CCC12C. The lowest BCUT2D eigenvalue weighted by Gasteiger charge is -2.63. The Morgan fingerprint density at radius 2 is 1.52 bits per heavy atom. The van der Waals surface area contributed by atoms with Crippen LogP contribution in [0.5, 0.6) is 0 Å². The minimum atomic E-state index is 0.590. The monoisotopic (exact) mass is 401 g/mol. The Hall–Kier alpha value is -0.0400. The number of nitrogens with zero attached hydrogens (tertiary/aromatic N) is 1. The van der Waals surface area contributed by atoms with Gasteiger partial charge in [-0.2, -0.15) is 0 Å². The van der Waals surface area contributed by atoms with Gasteiger partial charge in [-0.3, -0.25) is 0 Å². The van der Waals surface area contributed by atoms with E-state index in [0.29, 0.717) is 10.8 Å². The van der Waals surface area contributed by atoms with Crippen molar-refractivity contribution in [3.8, 4) is 0 Å². The molecule has 0 aromatic heterocycles. The first-order valence-corrected chi connectivity index (χ1v) is 13.4. The van der Waals surface area contributed by atoms with Crippen molar-refractivity contribution in [3.63, 3.8) is 0 Å².